The van der Waals surface area contributed by atoms with Crippen LogP contribution in [0.3, 0.4) is 0 Å². The average Bonchev–Trinajstić information content (AvgIpc) is 3.16. The number of rotatable bonds is 5. The minimum Gasteiger partial charge on any atom is -0.493 e. The summed E-state index contributed by atoms with van der Waals surface area (Å²) in [4.78, 5) is 33.7. The Morgan fingerprint density at radius 3 is 2.54 bits per heavy atom. The van der Waals surface area contributed by atoms with Crippen LogP contribution in [-0.4, -0.2) is 72.9 Å². The number of carbonyl (C=O) groups is 2. The predicted molar refractivity (Wildman–Crippen MR) is 131 cm³/mol. The minimum absolute atomic E-state index is 0.135. The van der Waals surface area contributed by atoms with Crippen molar-refractivity contribution < 1.29 is 41.0 Å². The molecule has 2 aliphatic rings. The summed E-state index contributed by atoms with van der Waals surface area (Å²) in [5.41, 5.74) is -2.75. The Kier molecular flexibility index (Phi) is 7.60. The molecule has 8 nitrogen and oxygen atoms in total. The molecule has 1 aromatic heterocycles. The first kappa shape index (κ1) is 28.7. The smallest absolute Gasteiger partial charge is 0.417 e. The summed E-state index contributed by atoms with van der Waals surface area (Å²) in [5, 5.41) is 2.54. The summed E-state index contributed by atoms with van der Waals surface area (Å²) in [6.07, 6.45) is -5.27. The van der Waals surface area contributed by atoms with E-state index in [4.69, 9.17) is 9.47 Å². The Balaban J connectivity index is 1.68. The molecular weight excluding hydrogens is 527 g/mol. The van der Waals surface area contributed by atoms with Crippen molar-refractivity contribution in [1.29, 1.82) is 0 Å². The Morgan fingerprint density at radius 2 is 1.90 bits per heavy atom. The van der Waals surface area contributed by atoms with Gasteiger partial charge in [0.05, 0.1) is 13.2 Å². The number of amides is 2. The lowest BCUT2D eigenvalue weighted by molar-refractivity contribution is -0.272. The Bertz CT molecular complexity index is 1280. The highest BCUT2D eigenvalue weighted by Crippen LogP contribution is 2.55. The van der Waals surface area contributed by atoms with Gasteiger partial charge in [-0.2, -0.15) is 17.6 Å². The van der Waals surface area contributed by atoms with E-state index in [-0.39, 0.29) is 29.0 Å². The Morgan fingerprint density at radius 1 is 1.21 bits per heavy atom. The second kappa shape index (κ2) is 10.3. The molecule has 2 amide bonds. The molecule has 2 saturated heterocycles. The van der Waals surface area contributed by atoms with Gasteiger partial charge in [-0.1, -0.05) is 13.0 Å². The van der Waals surface area contributed by atoms with Crippen LogP contribution < -0.4 is 15.0 Å². The molecule has 0 radical (unpaired) electrons. The summed E-state index contributed by atoms with van der Waals surface area (Å²) in [7, 11) is 2.87. The molecule has 1 aromatic carbocycles. The second-order valence-corrected chi connectivity index (χ2v) is 9.98. The number of anilines is 2. The van der Waals surface area contributed by atoms with Crippen molar-refractivity contribution in [2.45, 2.75) is 50.6 Å². The monoisotopic (exact) mass is 556 g/mol. The van der Waals surface area contributed by atoms with Crippen molar-refractivity contribution >= 4 is 23.3 Å². The summed E-state index contributed by atoms with van der Waals surface area (Å²) in [5.74, 6) is -6.84. The highest BCUT2D eigenvalue weighted by atomic mass is 19.4. The Labute approximate surface area is 222 Å². The highest BCUT2D eigenvalue weighted by Gasteiger charge is 2.66. The van der Waals surface area contributed by atoms with Crippen LogP contribution >= 0.6 is 0 Å². The van der Waals surface area contributed by atoms with Crippen LogP contribution in [0.1, 0.15) is 32.3 Å². The topological polar surface area (TPSA) is 84.0 Å². The number of hydrogen-bond donors (Lipinski definition) is 1. The third-order valence-electron chi connectivity index (χ3n) is 7.82. The molecule has 0 bridgehead atoms. The van der Waals surface area contributed by atoms with E-state index < -0.39 is 53.0 Å². The van der Waals surface area contributed by atoms with Crippen LogP contribution in [0.5, 0.6) is 5.75 Å². The van der Waals surface area contributed by atoms with E-state index in [1.807, 2.05) is 11.9 Å². The zero-order valence-electron chi connectivity index (χ0n) is 22.0. The first-order chi connectivity index (χ1) is 18.2. The fourth-order valence-corrected chi connectivity index (χ4v) is 5.10. The molecule has 0 saturated carbocycles. The number of halogens is 5. The maximum Gasteiger partial charge on any atom is 0.417 e. The number of benzene rings is 1. The van der Waals surface area contributed by atoms with Gasteiger partial charge in [0.2, 0.25) is 11.7 Å². The van der Waals surface area contributed by atoms with Crippen molar-refractivity contribution in [3.63, 3.8) is 0 Å². The van der Waals surface area contributed by atoms with Crippen molar-refractivity contribution in [3.8, 4) is 5.75 Å². The van der Waals surface area contributed by atoms with Crippen LogP contribution in [0.2, 0.25) is 0 Å². The SMILES string of the molecule is COc1c([C@H]2[C@H](C(=O)Nc3ccnc(N4CCN(C)[C@H](C)C4=O)c3)O[C@@](C)(C(F)(F)F)[C@H]2C)ccc(F)c1F. The molecule has 1 N–H and O–H groups in total. The summed E-state index contributed by atoms with van der Waals surface area (Å²) in [6, 6.07) is 4.32. The van der Waals surface area contributed by atoms with E-state index in [0.717, 1.165) is 26.2 Å². The van der Waals surface area contributed by atoms with Gasteiger partial charge in [0, 0.05) is 48.4 Å². The number of hydrogen-bond acceptors (Lipinski definition) is 6. The number of pyridine rings is 1. The number of likely N-dealkylation sites (N-methyl/N-ethyl adjacent to an activating group) is 1. The van der Waals surface area contributed by atoms with Gasteiger partial charge in [-0.15, -0.1) is 0 Å². The van der Waals surface area contributed by atoms with Gasteiger partial charge in [-0.3, -0.25) is 19.4 Å². The van der Waals surface area contributed by atoms with Crippen molar-refractivity contribution in [1.82, 2.24) is 9.88 Å². The molecule has 5 atom stereocenters. The number of alkyl halides is 3. The third kappa shape index (κ3) is 4.93. The summed E-state index contributed by atoms with van der Waals surface area (Å²) >= 11 is 0. The van der Waals surface area contributed by atoms with E-state index >= 15 is 0 Å². The number of piperazine rings is 1. The zero-order chi connectivity index (χ0) is 28.9. The van der Waals surface area contributed by atoms with Gasteiger partial charge in [0.15, 0.2) is 17.2 Å². The maximum atomic E-state index is 14.5. The maximum absolute atomic E-state index is 14.5. The molecule has 0 unspecified atom stereocenters. The van der Waals surface area contributed by atoms with Crippen molar-refractivity contribution in [2.75, 3.05) is 37.5 Å². The number of nitrogens with zero attached hydrogens (tertiary/aromatic N) is 3. The number of nitrogens with one attached hydrogen (secondary N) is 1. The molecular formula is C26H29F5N4O4. The molecule has 2 aliphatic heterocycles. The van der Waals surface area contributed by atoms with E-state index in [2.05, 4.69) is 10.3 Å². The average molecular weight is 557 g/mol. The fourth-order valence-electron chi connectivity index (χ4n) is 5.10. The molecule has 3 heterocycles. The van der Waals surface area contributed by atoms with Gasteiger partial charge in [0.25, 0.3) is 5.91 Å². The molecule has 0 spiro atoms. The second-order valence-electron chi connectivity index (χ2n) is 9.98. The third-order valence-corrected chi connectivity index (χ3v) is 7.82. The normalized spacial score (nSPS) is 28.1. The van der Waals surface area contributed by atoms with E-state index in [1.54, 1.807) is 6.92 Å². The first-order valence-corrected chi connectivity index (χ1v) is 12.3. The number of methoxy groups -OCH3 is 1. The van der Waals surface area contributed by atoms with Gasteiger partial charge in [0.1, 0.15) is 11.9 Å². The molecule has 0 aliphatic carbocycles. The van der Waals surface area contributed by atoms with Gasteiger partial charge in [-0.05, 0) is 33.0 Å². The number of carbonyl (C=O) groups excluding carboxylic acids is 2. The number of aromatic nitrogens is 1. The minimum atomic E-state index is -4.88. The van der Waals surface area contributed by atoms with Crippen molar-refractivity contribution in [2.24, 2.45) is 5.92 Å². The molecule has 212 valence electrons. The highest BCUT2D eigenvalue weighted by molar-refractivity contribution is 5.99. The fraction of sp³-hybridized carbons (Fsp3) is 0.500. The van der Waals surface area contributed by atoms with E-state index in [1.165, 1.54) is 30.2 Å². The summed E-state index contributed by atoms with van der Waals surface area (Å²) in [6.45, 7) is 4.75. The Hall–Kier alpha value is -3.32. The van der Waals surface area contributed by atoms with Gasteiger partial charge in [-0.25, -0.2) is 9.37 Å². The van der Waals surface area contributed by atoms with Gasteiger partial charge >= 0.3 is 6.18 Å². The van der Waals surface area contributed by atoms with Gasteiger partial charge < -0.3 is 14.8 Å². The molecule has 39 heavy (non-hydrogen) atoms. The molecule has 4 rings (SSSR count). The number of ether oxygens (including phenoxy) is 2. The van der Waals surface area contributed by atoms with Crippen LogP contribution in [0.4, 0.5) is 33.5 Å². The van der Waals surface area contributed by atoms with Crippen LogP contribution in [-0.2, 0) is 14.3 Å². The largest absolute Gasteiger partial charge is 0.493 e. The van der Waals surface area contributed by atoms with Crippen molar-refractivity contribution in [3.05, 3.63) is 47.7 Å². The van der Waals surface area contributed by atoms with Crippen LogP contribution in [0.25, 0.3) is 0 Å². The first-order valence-electron chi connectivity index (χ1n) is 12.3. The van der Waals surface area contributed by atoms with Crippen LogP contribution in [0, 0.1) is 17.6 Å². The van der Waals surface area contributed by atoms with E-state index in [0.29, 0.717) is 13.1 Å². The standard InChI is InChI=1S/C26H29F5N4O4/c1-13-19(16-6-7-17(27)20(28)21(16)38-5)22(39-25(13,3)26(29,30)31)23(36)33-15-8-9-32-18(12-15)35-11-10-34(4)14(2)24(35)37/h6-9,12-14,19,22H,10-11H2,1-5H3,(H,32,33,36)/t13-,14+,19-,22+,25+/m0/s1. The molecule has 13 heteroatoms. The lowest BCUT2D eigenvalue weighted by atomic mass is 9.77. The lowest BCUT2D eigenvalue weighted by Crippen LogP contribution is -2.54. The lowest BCUT2D eigenvalue weighted by Gasteiger charge is -2.36. The summed E-state index contributed by atoms with van der Waals surface area (Å²) < 4.78 is 81.3. The van der Waals surface area contributed by atoms with E-state index in [9.17, 15) is 31.5 Å². The zero-order valence-corrected chi connectivity index (χ0v) is 22.0. The molecule has 2 aromatic rings. The molecule has 2 fully saturated rings. The van der Waals surface area contributed by atoms with Crippen LogP contribution in [0.15, 0.2) is 30.5 Å². The predicted octanol–water partition coefficient (Wildman–Crippen LogP) is 4.11. The quantitative estimate of drug-likeness (QED) is 0.559.